The third kappa shape index (κ3) is 1.88. The molecule has 0 amide bonds. The summed E-state index contributed by atoms with van der Waals surface area (Å²) >= 11 is 3.26. The number of rotatable bonds is 1. The molecule has 94 valence electrons. The molecule has 2 aromatic carbocycles. The number of ketones is 1. The molecule has 3 rings (SSSR count). The van der Waals surface area contributed by atoms with Crippen LogP contribution in [0.3, 0.4) is 0 Å². The summed E-state index contributed by atoms with van der Waals surface area (Å²) in [6, 6.07) is 10.7. The van der Waals surface area contributed by atoms with Gasteiger partial charge in [0.25, 0.3) is 0 Å². The van der Waals surface area contributed by atoms with Crippen LogP contribution in [0.1, 0.15) is 21.5 Å². The van der Waals surface area contributed by atoms with E-state index in [-0.39, 0.29) is 17.3 Å². The second kappa shape index (κ2) is 4.31. The number of benzene rings is 2. The van der Waals surface area contributed by atoms with E-state index in [1.807, 2.05) is 0 Å². The van der Waals surface area contributed by atoms with Gasteiger partial charge >= 0.3 is 0 Å². The van der Waals surface area contributed by atoms with E-state index >= 15 is 0 Å². The summed E-state index contributed by atoms with van der Waals surface area (Å²) in [4.78, 5) is 12.1. The number of fused-ring (bicyclic) bond motifs is 1. The van der Waals surface area contributed by atoms with Gasteiger partial charge in [0.2, 0.25) is 5.78 Å². The second-order valence-corrected chi connectivity index (χ2v) is 5.05. The fourth-order valence-electron chi connectivity index (χ4n) is 2.21. The highest BCUT2D eigenvalue weighted by atomic mass is 79.9. The van der Waals surface area contributed by atoms with Gasteiger partial charge in [-0.15, -0.1) is 0 Å². The molecule has 1 N–H and O–H groups in total. The molecule has 0 radical (unpaired) electrons. The Morgan fingerprint density at radius 3 is 2.58 bits per heavy atom. The molecule has 19 heavy (non-hydrogen) atoms. The van der Waals surface area contributed by atoms with Gasteiger partial charge in [-0.25, -0.2) is 4.39 Å². The van der Waals surface area contributed by atoms with E-state index in [2.05, 4.69) is 15.9 Å². The fourth-order valence-corrected chi connectivity index (χ4v) is 2.87. The standard InChI is InChI=1S/C15H8BrFO2/c16-14-13(8-2-1-3-9(17)6-8)11-5-4-10(18)7-12(11)15(14)19/h1-7,18H. The lowest BCUT2D eigenvalue weighted by molar-refractivity contribution is 0.104. The quantitative estimate of drug-likeness (QED) is 0.866. The van der Waals surface area contributed by atoms with E-state index in [9.17, 15) is 14.3 Å². The summed E-state index contributed by atoms with van der Waals surface area (Å²) < 4.78 is 13.7. The largest absolute Gasteiger partial charge is 0.508 e. The monoisotopic (exact) mass is 318 g/mol. The number of phenols is 1. The minimum Gasteiger partial charge on any atom is -0.508 e. The maximum absolute atomic E-state index is 13.3. The predicted molar refractivity (Wildman–Crippen MR) is 73.8 cm³/mol. The van der Waals surface area contributed by atoms with Crippen molar-refractivity contribution in [1.29, 1.82) is 0 Å². The molecule has 2 nitrogen and oxygen atoms in total. The lowest BCUT2D eigenvalue weighted by Crippen LogP contribution is -1.93. The van der Waals surface area contributed by atoms with Crippen molar-refractivity contribution in [2.45, 2.75) is 0 Å². The molecular weight excluding hydrogens is 311 g/mol. The molecule has 0 spiro atoms. The smallest absolute Gasteiger partial charge is 0.201 e. The van der Waals surface area contributed by atoms with Gasteiger partial charge in [0.1, 0.15) is 11.6 Å². The van der Waals surface area contributed by atoms with E-state index in [4.69, 9.17) is 0 Å². The normalized spacial score (nSPS) is 13.9. The number of hydrogen-bond donors (Lipinski definition) is 1. The van der Waals surface area contributed by atoms with Gasteiger partial charge in [-0.2, -0.15) is 0 Å². The van der Waals surface area contributed by atoms with Crippen LogP contribution in [-0.4, -0.2) is 10.9 Å². The average molecular weight is 319 g/mol. The third-order valence-corrected chi connectivity index (χ3v) is 3.81. The molecule has 0 aromatic heterocycles. The number of carbonyl (C=O) groups excluding carboxylic acids is 1. The predicted octanol–water partition coefficient (Wildman–Crippen LogP) is 3.88. The van der Waals surface area contributed by atoms with Crippen molar-refractivity contribution < 1.29 is 14.3 Å². The van der Waals surface area contributed by atoms with Gasteiger partial charge in [-0.05, 0) is 57.4 Å². The molecule has 0 fully saturated rings. The van der Waals surface area contributed by atoms with E-state index in [1.54, 1.807) is 18.2 Å². The summed E-state index contributed by atoms with van der Waals surface area (Å²) in [6.45, 7) is 0. The van der Waals surface area contributed by atoms with Gasteiger partial charge in [0.15, 0.2) is 0 Å². The van der Waals surface area contributed by atoms with E-state index < -0.39 is 0 Å². The SMILES string of the molecule is O=C1C(Br)=C(c2cccc(F)c2)c2ccc(O)cc21. The van der Waals surface area contributed by atoms with Gasteiger partial charge in [0, 0.05) is 11.1 Å². The molecule has 0 heterocycles. The Bertz CT molecular complexity index is 735. The van der Waals surface area contributed by atoms with Gasteiger partial charge in [0.05, 0.1) is 4.48 Å². The van der Waals surface area contributed by atoms with Crippen LogP contribution in [0, 0.1) is 5.82 Å². The number of allylic oxidation sites excluding steroid dienone is 1. The molecule has 1 aliphatic carbocycles. The highest BCUT2D eigenvalue weighted by Crippen LogP contribution is 2.41. The second-order valence-electron chi connectivity index (χ2n) is 4.26. The van der Waals surface area contributed by atoms with Crippen LogP contribution >= 0.6 is 15.9 Å². The van der Waals surface area contributed by atoms with Crippen LogP contribution < -0.4 is 0 Å². The zero-order valence-corrected chi connectivity index (χ0v) is 11.2. The molecule has 4 heteroatoms. The van der Waals surface area contributed by atoms with Crippen molar-refractivity contribution in [2.75, 3.05) is 0 Å². The van der Waals surface area contributed by atoms with Crippen molar-refractivity contribution >= 4 is 27.3 Å². The number of hydrogen-bond acceptors (Lipinski definition) is 2. The molecule has 0 unspecified atom stereocenters. The molecule has 0 saturated heterocycles. The van der Waals surface area contributed by atoms with E-state index in [0.717, 1.165) is 0 Å². The fraction of sp³-hybridized carbons (Fsp3) is 0. The Hall–Kier alpha value is -1.94. The first-order valence-electron chi connectivity index (χ1n) is 5.62. The van der Waals surface area contributed by atoms with Crippen LogP contribution in [0.5, 0.6) is 5.75 Å². The molecule has 0 bridgehead atoms. The zero-order valence-electron chi connectivity index (χ0n) is 9.65. The Morgan fingerprint density at radius 1 is 1.05 bits per heavy atom. The van der Waals surface area contributed by atoms with Crippen LogP contribution in [0.25, 0.3) is 5.57 Å². The van der Waals surface area contributed by atoms with Crippen molar-refractivity contribution in [3.63, 3.8) is 0 Å². The molecule has 2 aromatic rings. The Kier molecular flexibility index (Phi) is 2.75. The molecule has 1 aliphatic rings. The topological polar surface area (TPSA) is 37.3 Å². The molecule has 0 saturated carbocycles. The van der Waals surface area contributed by atoms with Crippen molar-refractivity contribution in [3.8, 4) is 5.75 Å². The third-order valence-electron chi connectivity index (χ3n) is 3.05. The number of Topliss-reactive ketones (excluding diaryl/α,β-unsaturated/α-hetero) is 1. The van der Waals surface area contributed by atoms with Gasteiger partial charge < -0.3 is 5.11 Å². The highest BCUT2D eigenvalue weighted by molar-refractivity contribution is 9.12. The van der Waals surface area contributed by atoms with Crippen LogP contribution in [0.2, 0.25) is 0 Å². The first-order chi connectivity index (χ1) is 9.08. The lowest BCUT2D eigenvalue weighted by Gasteiger charge is -2.06. The zero-order chi connectivity index (χ0) is 13.6. The Labute approximate surface area is 117 Å². The number of halogens is 2. The van der Waals surface area contributed by atoms with Crippen molar-refractivity contribution in [3.05, 3.63) is 69.5 Å². The van der Waals surface area contributed by atoms with Crippen LogP contribution in [0.15, 0.2) is 46.9 Å². The summed E-state index contributed by atoms with van der Waals surface area (Å²) in [5.41, 5.74) is 2.40. The Balaban J connectivity index is 2.25. The maximum atomic E-state index is 13.3. The summed E-state index contributed by atoms with van der Waals surface area (Å²) in [6.07, 6.45) is 0. The summed E-state index contributed by atoms with van der Waals surface area (Å²) in [5.74, 6) is -0.525. The number of aromatic hydroxyl groups is 1. The highest BCUT2D eigenvalue weighted by Gasteiger charge is 2.29. The lowest BCUT2D eigenvalue weighted by atomic mass is 9.99. The first kappa shape index (κ1) is 12.1. The van der Waals surface area contributed by atoms with Gasteiger partial charge in [-0.1, -0.05) is 12.1 Å². The minimum atomic E-state index is -0.357. The first-order valence-corrected chi connectivity index (χ1v) is 6.41. The number of phenolic OH excluding ortho intramolecular Hbond substituents is 1. The van der Waals surface area contributed by atoms with Crippen molar-refractivity contribution in [1.82, 2.24) is 0 Å². The van der Waals surface area contributed by atoms with Crippen LogP contribution in [0.4, 0.5) is 4.39 Å². The Morgan fingerprint density at radius 2 is 1.84 bits per heavy atom. The van der Waals surface area contributed by atoms with E-state index in [1.165, 1.54) is 24.3 Å². The van der Waals surface area contributed by atoms with Gasteiger partial charge in [-0.3, -0.25) is 4.79 Å². The molecule has 0 aliphatic heterocycles. The van der Waals surface area contributed by atoms with E-state index in [0.29, 0.717) is 26.7 Å². The summed E-state index contributed by atoms with van der Waals surface area (Å²) in [7, 11) is 0. The average Bonchev–Trinajstić information content (AvgIpc) is 2.62. The minimum absolute atomic E-state index is 0.0351. The maximum Gasteiger partial charge on any atom is 0.201 e. The molecule has 0 atom stereocenters. The van der Waals surface area contributed by atoms with Crippen molar-refractivity contribution in [2.24, 2.45) is 0 Å². The number of carbonyl (C=O) groups is 1. The van der Waals surface area contributed by atoms with Crippen LogP contribution in [-0.2, 0) is 0 Å². The molecular formula is C15H8BrFO2. The summed E-state index contributed by atoms with van der Waals surface area (Å²) in [5, 5.41) is 9.46.